The number of rotatable bonds is 5. The number of nitrogens with zero attached hydrogens (tertiary/aromatic N) is 6. The van der Waals surface area contributed by atoms with Crippen molar-refractivity contribution in [3.05, 3.63) is 58.2 Å². The van der Waals surface area contributed by atoms with Gasteiger partial charge in [-0.2, -0.15) is 9.97 Å². The van der Waals surface area contributed by atoms with Gasteiger partial charge in [0, 0.05) is 22.4 Å². The zero-order valence-electron chi connectivity index (χ0n) is 15.5. The third-order valence-corrected chi connectivity index (χ3v) is 4.61. The normalized spacial score (nSPS) is 11.2. The predicted octanol–water partition coefficient (Wildman–Crippen LogP) is 4.08. The van der Waals surface area contributed by atoms with Gasteiger partial charge in [0.25, 0.3) is 0 Å². The molecule has 0 spiro atoms. The zero-order valence-corrected chi connectivity index (χ0v) is 17.1. The summed E-state index contributed by atoms with van der Waals surface area (Å²) in [6.07, 6.45) is 4.09. The van der Waals surface area contributed by atoms with Crippen LogP contribution in [0.5, 0.6) is 6.01 Å². The Bertz CT molecular complexity index is 1210. The van der Waals surface area contributed by atoms with Crippen LogP contribution in [0.1, 0.15) is 18.3 Å². The first-order valence-electron chi connectivity index (χ1n) is 8.74. The second kappa shape index (κ2) is 7.78. The Morgan fingerprint density at radius 3 is 2.66 bits per heavy atom. The molecule has 0 N–H and O–H groups in total. The highest BCUT2D eigenvalue weighted by molar-refractivity contribution is 9.10. The second-order valence-corrected chi connectivity index (χ2v) is 7.11. The molecule has 0 aliphatic rings. The van der Waals surface area contributed by atoms with E-state index in [0.29, 0.717) is 39.3 Å². The van der Waals surface area contributed by atoms with Crippen LogP contribution in [0.4, 0.5) is 8.78 Å². The van der Waals surface area contributed by atoms with Crippen molar-refractivity contribution in [1.82, 2.24) is 29.5 Å². The summed E-state index contributed by atoms with van der Waals surface area (Å²) in [5.41, 5.74) is 2.15. The van der Waals surface area contributed by atoms with Gasteiger partial charge in [-0.15, -0.1) is 0 Å². The molecule has 148 valence electrons. The predicted molar refractivity (Wildman–Crippen MR) is 105 cm³/mol. The molecule has 4 aromatic heterocycles. The Kier molecular flexibility index (Phi) is 5.18. The first kappa shape index (κ1) is 19.3. The Morgan fingerprint density at radius 2 is 1.93 bits per heavy atom. The highest BCUT2D eigenvalue weighted by atomic mass is 79.9. The second-order valence-electron chi connectivity index (χ2n) is 6.19. The first-order chi connectivity index (χ1) is 14.0. The fraction of sp³-hybridized carbons (Fsp3) is 0.211. The standard InChI is InChI=1S/C19H15BrF2N6O/c1-3-29-19-25-10(2)16-18(27-19)28(9-15-14(22)5-12(20)7-24-15)17(26-16)11-4-13(21)8-23-6-11/h4-8H,3,9H2,1-2H3. The molecule has 0 saturated heterocycles. The summed E-state index contributed by atoms with van der Waals surface area (Å²) >= 11 is 3.20. The third kappa shape index (κ3) is 3.80. The zero-order chi connectivity index (χ0) is 20.5. The number of halogens is 3. The number of hydrogen-bond acceptors (Lipinski definition) is 6. The molecule has 0 aromatic carbocycles. The van der Waals surface area contributed by atoms with E-state index < -0.39 is 11.6 Å². The van der Waals surface area contributed by atoms with E-state index in [4.69, 9.17) is 4.74 Å². The van der Waals surface area contributed by atoms with E-state index in [1.165, 1.54) is 24.5 Å². The van der Waals surface area contributed by atoms with Gasteiger partial charge >= 0.3 is 6.01 Å². The molecule has 0 unspecified atom stereocenters. The summed E-state index contributed by atoms with van der Waals surface area (Å²) < 4.78 is 35.9. The number of fused-ring (bicyclic) bond motifs is 1. The van der Waals surface area contributed by atoms with Crippen LogP contribution in [0.3, 0.4) is 0 Å². The molecule has 0 radical (unpaired) electrons. The number of pyridine rings is 2. The minimum absolute atomic E-state index is 0.0312. The van der Waals surface area contributed by atoms with Crippen LogP contribution in [-0.4, -0.2) is 36.1 Å². The fourth-order valence-corrected chi connectivity index (χ4v) is 3.22. The van der Waals surface area contributed by atoms with Crippen molar-refractivity contribution >= 4 is 27.1 Å². The Hall–Kier alpha value is -3.01. The molecule has 0 aliphatic heterocycles. The summed E-state index contributed by atoms with van der Waals surface area (Å²) in [7, 11) is 0. The molecule has 0 fully saturated rings. The maximum Gasteiger partial charge on any atom is 0.318 e. The highest BCUT2D eigenvalue weighted by Gasteiger charge is 2.20. The monoisotopic (exact) mass is 460 g/mol. The summed E-state index contributed by atoms with van der Waals surface area (Å²) in [6.45, 7) is 4.02. The van der Waals surface area contributed by atoms with E-state index in [2.05, 4.69) is 40.8 Å². The third-order valence-electron chi connectivity index (χ3n) is 4.18. The average Bonchev–Trinajstić information content (AvgIpc) is 3.03. The maximum atomic E-state index is 14.5. The smallest absolute Gasteiger partial charge is 0.318 e. The Morgan fingerprint density at radius 1 is 1.10 bits per heavy atom. The van der Waals surface area contributed by atoms with E-state index in [0.717, 1.165) is 6.20 Å². The largest absolute Gasteiger partial charge is 0.464 e. The van der Waals surface area contributed by atoms with Crippen molar-refractivity contribution < 1.29 is 13.5 Å². The molecular weight excluding hydrogens is 446 g/mol. The van der Waals surface area contributed by atoms with Crippen LogP contribution in [0.2, 0.25) is 0 Å². The Labute approximate surface area is 173 Å². The molecular formula is C19H15BrF2N6O. The van der Waals surface area contributed by atoms with Gasteiger partial charge in [0.1, 0.15) is 23.0 Å². The van der Waals surface area contributed by atoms with E-state index in [9.17, 15) is 8.78 Å². The molecule has 0 bridgehead atoms. The SMILES string of the molecule is CCOc1nc(C)c2nc(-c3cncc(F)c3)n(Cc3ncc(Br)cc3F)c2n1. The number of hydrogen-bond donors (Lipinski definition) is 0. The van der Waals surface area contributed by atoms with Crippen LogP contribution in [0.25, 0.3) is 22.6 Å². The van der Waals surface area contributed by atoms with E-state index in [-0.39, 0.29) is 18.2 Å². The van der Waals surface area contributed by atoms with Gasteiger partial charge in [-0.3, -0.25) is 9.97 Å². The molecule has 4 rings (SSSR count). The van der Waals surface area contributed by atoms with Crippen molar-refractivity contribution in [2.75, 3.05) is 6.61 Å². The Balaban J connectivity index is 1.95. The minimum atomic E-state index is -0.508. The van der Waals surface area contributed by atoms with Crippen LogP contribution >= 0.6 is 15.9 Å². The lowest BCUT2D eigenvalue weighted by Gasteiger charge is -2.10. The maximum absolute atomic E-state index is 14.5. The van der Waals surface area contributed by atoms with Crippen LogP contribution in [0.15, 0.2) is 35.2 Å². The molecule has 0 aliphatic carbocycles. The van der Waals surface area contributed by atoms with Crippen LogP contribution in [-0.2, 0) is 6.54 Å². The molecule has 7 nitrogen and oxygen atoms in total. The van der Waals surface area contributed by atoms with Crippen LogP contribution in [0, 0.1) is 18.6 Å². The summed E-state index contributed by atoms with van der Waals surface area (Å²) in [5, 5.41) is 0. The number of ether oxygens (including phenoxy) is 1. The van der Waals surface area contributed by atoms with Crippen molar-refractivity contribution in [3.63, 3.8) is 0 Å². The van der Waals surface area contributed by atoms with Crippen molar-refractivity contribution in [2.45, 2.75) is 20.4 Å². The summed E-state index contributed by atoms with van der Waals surface area (Å²) in [5.74, 6) is -0.616. The van der Waals surface area contributed by atoms with Gasteiger partial charge in [0.2, 0.25) is 0 Å². The number of imidazole rings is 1. The van der Waals surface area contributed by atoms with Gasteiger partial charge in [0.15, 0.2) is 5.65 Å². The van der Waals surface area contributed by atoms with Crippen molar-refractivity contribution in [3.8, 4) is 17.4 Å². The summed E-state index contributed by atoms with van der Waals surface area (Å²) in [6, 6.07) is 2.82. The van der Waals surface area contributed by atoms with Gasteiger partial charge < -0.3 is 9.30 Å². The van der Waals surface area contributed by atoms with Crippen LogP contribution < -0.4 is 4.74 Å². The fourth-order valence-electron chi connectivity index (χ4n) is 2.92. The molecule has 10 heteroatoms. The van der Waals surface area contributed by atoms with Gasteiger partial charge in [0.05, 0.1) is 30.7 Å². The molecule has 4 aromatic rings. The quantitative estimate of drug-likeness (QED) is 0.446. The molecule has 4 heterocycles. The lowest BCUT2D eigenvalue weighted by Crippen LogP contribution is -2.08. The van der Waals surface area contributed by atoms with Crippen molar-refractivity contribution in [2.24, 2.45) is 0 Å². The minimum Gasteiger partial charge on any atom is -0.464 e. The topological polar surface area (TPSA) is 78.6 Å². The van der Waals surface area contributed by atoms with E-state index in [1.54, 1.807) is 11.5 Å². The summed E-state index contributed by atoms with van der Waals surface area (Å²) in [4.78, 5) is 21.4. The lowest BCUT2D eigenvalue weighted by molar-refractivity contribution is 0.313. The first-order valence-corrected chi connectivity index (χ1v) is 9.54. The molecule has 0 saturated carbocycles. The van der Waals surface area contributed by atoms with Gasteiger partial charge in [-0.1, -0.05) is 0 Å². The van der Waals surface area contributed by atoms with Crippen molar-refractivity contribution in [1.29, 1.82) is 0 Å². The molecule has 29 heavy (non-hydrogen) atoms. The average molecular weight is 461 g/mol. The molecule has 0 amide bonds. The lowest BCUT2D eigenvalue weighted by atomic mass is 10.2. The number of aryl methyl sites for hydroxylation is 1. The van der Waals surface area contributed by atoms with E-state index in [1.807, 2.05) is 6.92 Å². The van der Waals surface area contributed by atoms with E-state index >= 15 is 0 Å². The van der Waals surface area contributed by atoms with Gasteiger partial charge in [-0.25, -0.2) is 13.8 Å². The highest BCUT2D eigenvalue weighted by Crippen LogP contribution is 2.28. The molecule has 0 atom stereocenters. The number of aromatic nitrogens is 6. The van der Waals surface area contributed by atoms with Gasteiger partial charge in [-0.05, 0) is 41.9 Å².